The van der Waals surface area contributed by atoms with Gasteiger partial charge in [-0.05, 0) is 30.2 Å². The molecule has 120 valence electrons. The summed E-state index contributed by atoms with van der Waals surface area (Å²) >= 11 is 0. The number of β-amino-alcohol motifs (C(OH)–C–C–N with tert-alkyl or cyclic N) is 1. The molecule has 0 aliphatic carbocycles. The number of nitrogens with one attached hydrogen (secondary N) is 2. The van der Waals surface area contributed by atoms with Gasteiger partial charge in [-0.3, -0.25) is 4.79 Å². The minimum absolute atomic E-state index is 0.0208. The Labute approximate surface area is 129 Å². The summed E-state index contributed by atoms with van der Waals surface area (Å²) in [5.41, 5.74) is 0.994. The Morgan fingerprint density at radius 2 is 2.36 bits per heavy atom. The van der Waals surface area contributed by atoms with Crippen LogP contribution in [0, 0.1) is 11.8 Å². The van der Waals surface area contributed by atoms with Gasteiger partial charge < -0.3 is 25.2 Å². The van der Waals surface area contributed by atoms with E-state index in [4.69, 9.17) is 9.47 Å². The molecule has 0 aromatic heterocycles. The number of aliphatic hydroxyl groups excluding tert-OH is 1. The number of benzene rings is 1. The minimum atomic E-state index is -0.382. The van der Waals surface area contributed by atoms with Gasteiger partial charge in [0.05, 0.1) is 19.1 Å². The third kappa shape index (κ3) is 3.18. The van der Waals surface area contributed by atoms with Gasteiger partial charge in [0.1, 0.15) is 18.1 Å². The minimum Gasteiger partial charge on any atom is -0.497 e. The summed E-state index contributed by atoms with van der Waals surface area (Å²) < 4.78 is 10.9. The molecule has 0 spiro atoms. The zero-order valence-corrected chi connectivity index (χ0v) is 12.7. The monoisotopic (exact) mass is 306 g/mol. The molecule has 3 N–H and O–H groups in total. The first kappa shape index (κ1) is 15.1. The maximum atomic E-state index is 12.3. The molecule has 22 heavy (non-hydrogen) atoms. The van der Waals surface area contributed by atoms with Crippen molar-refractivity contribution in [3.8, 4) is 11.5 Å². The Morgan fingerprint density at radius 3 is 3.09 bits per heavy atom. The van der Waals surface area contributed by atoms with Crippen LogP contribution < -0.4 is 20.1 Å². The number of ether oxygens (including phenoxy) is 2. The van der Waals surface area contributed by atoms with E-state index < -0.39 is 0 Å². The van der Waals surface area contributed by atoms with Crippen molar-refractivity contribution >= 4 is 5.91 Å². The molecule has 2 aliphatic heterocycles. The van der Waals surface area contributed by atoms with Gasteiger partial charge in [-0.25, -0.2) is 0 Å². The number of methoxy groups -OCH3 is 1. The van der Waals surface area contributed by atoms with Crippen LogP contribution >= 0.6 is 0 Å². The lowest BCUT2D eigenvalue weighted by Crippen LogP contribution is -2.41. The first-order valence-corrected chi connectivity index (χ1v) is 7.63. The van der Waals surface area contributed by atoms with Crippen molar-refractivity contribution in [1.29, 1.82) is 0 Å². The normalized spacial score (nSPS) is 26.9. The summed E-state index contributed by atoms with van der Waals surface area (Å²) in [5.74, 6) is 1.45. The maximum Gasteiger partial charge on any atom is 0.226 e. The summed E-state index contributed by atoms with van der Waals surface area (Å²) in [4.78, 5) is 12.3. The number of hydrogen-bond donors (Lipinski definition) is 3. The van der Waals surface area contributed by atoms with Crippen LogP contribution in [-0.4, -0.2) is 50.5 Å². The average Bonchev–Trinajstić information content (AvgIpc) is 2.96. The van der Waals surface area contributed by atoms with Crippen LogP contribution in [0.25, 0.3) is 0 Å². The van der Waals surface area contributed by atoms with Gasteiger partial charge in [-0.1, -0.05) is 0 Å². The Balaban J connectivity index is 1.57. The van der Waals surface area contributed by atoms with Crippen LogP contribution in [0.15, 0.2) is 18.2 Å². The van der Waals surface area contributed by atoms with Crippen LogP contribution in [0.5, 0.6) is 11.5 Å². The molecule has 3 atom stereocenters. The van der Waals surface area contributed by atoms with Gasteiger partial charge in [0.15, 0.2) is 0 Å². The van der Waals surface area contributed by atoms with E-state index in [0.717, 1.165) is 23.6 Å². The molecular weight excluding hydrogens is 284 g/mol. The second-order valence-corrected chi connectivity index (χ2v) is 5.92. The SMILES string of the molecule is COc1ccc2c(c1)CC(C(=O)NCC1CNCC1O)CO2. The molecular formula is C16H22N2O4. The van der Waals surface area contributed by atoms with Crippen LogP contribution in [0.3, 0.4) is 0 Å². The molecule has 6 nitrogen and oxygen atoms in total. The summed E-state index contributed by atoms with van der Waals surface area (Å²) in [7, 11) is 1.62. The summed E-state index contributed by atoms with van der Waals surface area (Å²) in [6.07, 6.45) is 0.261. The average molecular weight is 306 g/mol. The van der Waals surface area contributed by atoms with E-state index in [2.05, 4.69) is 10.6 Å². The summed E-state index contributed by atoms with van der Waals surface area (Å²) in [5, 5.41) is 15.8. The Hall–Kier alpha value is -1.79. The van der Waals surface area contributed by atoms with Gasteiger partial charge in [0, 0.05) is 25.6 Å². The molecule has 1 saturated heterocycles. The molecule has 0 saturated carbocycles. The van der Waals surface area contributed by atoms with E-state index in [9.17, 15) is 9.90 Å². The van der Waals surface area contributed by atoms with Crippen LogP contribution in [-0.2, 0) is 11.2 Å². The van der Waals surface area contributed by atoms with Crippen LogP contribution in [0.1, 0.15) is 5.56 Å². The second kappa shape index (κ2) is 6.54. The number of carbonyl (C=O) groups is 1. The molecule has 1 amide bonds. The van der Waals surface area contributed by atoms with Crippen molar-refractivity contribution in [1.82, 2.24) is 10.6 Å². The lowest BCUT2D eigenvalue weighted by molar-refractivity contribution is -0.126. The van der Waals surface area contributed by atoms with E-state index in [1.165, 1.54) is 0 Å². The van der Waals surface area contributed by atoms with E-state index in [0.29, 0.717) is 26.1 Å². The quantitative estimate of drug-likeness (QED) is 0.726. The summed E-state index contributed by atoms with van der Waals surface area (Å²) in [6.45, 7) is 2.22. The fourth-order valence-corrected chi connectivity index (χ4v) is 2.97. The molecule has 2 aliphatic rings. The smallest absolute Gasteiger partial charge is 0.226 e. The molecule has 0 bridgehead atoms. The molecule has 6 heteroatoms. The Kier molecular flexibility index (Phi) is 4.49. The Morgan fingerprint density at radius 1 is 1.50 bits per heavy atom. The number of rotatable bonds is 4. The number of hydrogen-bond acceptors (Lipinski definition) is 5. The van der Waals surface area contributed by atoms with Crippen molar-refractivity contribution in [3.05, 3.63) is 23.8 Å². The molecule has 3 unspecified atom stereocenters. The highest BCUT2D eigenvalue weighted by molar-refractivity contribution is 5.79. The van der Waals surface area contributed by atoms with E-state index >= 15 is 0 Å². The fraction of sp³-hybridized carbons (Fsp3) is 0.562. The number of aliphatic hydroxyl groups is 1. The van der Waals surface area contributed by atoms with Crippen LogP contribution in [0.2, 0.25) is 0 Å². The summed E-state index contributed by atoms with van der Waals surface area (Å²) in [6, 6.07) is 5.65. The molecule has 2 heterocycles. The van der Waals surface area contributed by atoms with Crippen molar-refractivity contribution in [2.24, 2.45) is 11.8 Å². The second-order valence-electron chi connectivity index (χ2n) is 5.92. The zero-order chi connectivity index (χ0) is 15.5. The number of amides is 1. The molecule has 1 aromatic rings. The van der Waals surface area contributed by atoms with E-state index in [1.54, 1.807) is 7.11 Å². The van der Waals surface area contributed by atoms with Gasteiger partial charge in [-0.15, -0.1) is 0 Å². The predicted octanol–water partition coefficient (Wildman–Crippen LogP) is -0.0572. The largest absolute Gasteiger partial charge is 0.497 e. The molecule has 3 rings (SSSR count). The molecule has 0 radical (unpaired) electrons. The Bertz CT molecular complexity index is 549. The highest BCUT2D eigenvalue weighted by atomic mass is 16.5. The first-order chi connectivity index (χ1) is 10.7. The molecule has 1 aromatic carbocycles. The van der Waals surface area contributed by atoms with Crippen molar-refractivity contribution in [2.45, 2.75) is 12.5 Å². The molecule has 1 fully saturated rings. The lowest BCUT2D eigenvalue weighted by Gasteiger charge is -2.25. The topological polar surface area (TPSA) is 79.8 Å². The number of fused-ring (bicyclic) bond motifs is 1. The maximum absolute atomic E-state index is 12.3. The van der Waals surface area contributed by atoms with Crippen LogP contribution in [0.4, 0.5) is 0 Å². The fourth-order valence-electron chi connectivity index (χ4n) is 2.97. The van der Waals surface area contributed by atoms with E-state index in [1.807, 2.05) is 18.2 Å². The third-order valence-electron chi connectivity index (χ3n) is 4.39. The predicted molar refractivity (Wildman–Crippen MR) is 81.1 cm³/mol. The van der Waals surface area contributed by atoms with Crippen molar-refractivity contribution < 1.29 is 19.4 Å². The third-order valence-corrected chi connectivity index (χ3v) is 4.39. The van der Waals surface area contributed by atoms with Crippen molar-refractivity contribution in [2.75, 3.05) is 33.4 Å². The highest BCUT2D eigenvalue weighted by Gasteiger charge is 2.29. The van der Waals surface area contributed by atoms with Gasteiger partial charge in [0.2, 0.25) is 5.91 Å². The van der Waals surface area contributed by atoms with Gasteiger partial charge in [0.25, 0.3) is 0 Å². The zero-order valence-electron chi connectivity index (χ0n) is 12.7. The first-order valence-electron chi connectivity index (χ1n) is 7.63. The van der Waals surface area contributed by atoms with Gasteiger partial charge in [-0.2, -0.15) is 0 Å². The number of carbonyl (C=O) groups excluding carboxylic acids is 1. The standard InChI is InChI=1S/C16H22N2O4/c1-21-13-2-3-15-10(5-13)4-11(9-22-15)16(20)18-7-12-6-17-8-14(12)19/h2-3,5,11-12,14,17,19H,4,6-9H2,1H3,(H,18,20). The highest BCUT2D eigenvalue weighted by Crippen LogP contribution is 2.30. The van der Waals surface area contributed by atoms with Crippen molar-refractivity contribution in [3.63, 3.8) is 0 Å². The lowest BCUT2D eigenvalue weighted by atomic mass is 9.95. The van der Waals surface area contributed by atoms with Gasteiger partial charge >= 0.3 is 0 Å². The van der Waals surface area contributed by atoms with E-state index in [-0.39, 0.29) is 23.8 Å².